The molecule has 0 rings (SSSR count). The summed E-state index contributed by atoms with van der Waals surface area (Å²) in [7, 11) is -4.34. The van der Waals surface area contributed by atoms with Gasteiger partial charge in [0.2, 0.25) is 0 Å². The molecule has 0 bridgehead atoms. The van der Waals surface area contributed by atoms with Gasteiger partial charge in [0.1, 0.15) is 6.61 Å². The summed E-state index contributed by atoms with van der Waals surface area (Å²) < 4.78 is 31.9. The molecular formula is C29H56NO8P. The first-order valence-electron chi connectivity index (χ1n) is 15.2. The summed E-state index contributed by atoms with van der Waals surface area (Å²) >= 11 is 0. The molecule has 0 aromatic heterocycles. The molecule has 230 valence electrons. The highest BCUT2D eigenvalue weighted by Crippen LogP contribution is 2.43. The average Bonchev–Trinajstić information content (AvgIpc) is 2.91. The van der Waals surface area contributed by atoms with E-state index in [4.69, 9.17) is 19.7 Å². The topological polar surface area (TPSA) is 134 Å². The average molecular weight is 578 g/mol. The van der Waals surface area contributed by atoms with Crippen LogP contribution < -0.4 is 5.73 Å². The van der Waals surface area contributed by atoms with Gasteiger partial charge in [-0.05, 0) is 38.5 Å². The van der Waals surface area contributed by atoms with Gasteiger partial charge >= 0.3 is 19.8 Å². The monoisotopic (exact) mass is 577 g/mol. The molecule has 0 aromatic rings. The molecule has 39 heavy (non-hydrogen) atoms. The molecule has 0 fully saturated rings. The van der Waals surface area contributed by atoms with Gasteiger partial charge in [-0.3, -0.25) is 18.6 Å². The molecule has 0 spiro atoms. The number of carbonyl (C=O) groups is 2. The predicted molar refractivity (Wildman–Crippen MR) is 155 cm³/mol. The van der Waals surface area contributed by atoms with Crippen LogP contribution in [-0.2, 0) is 32.7 Å². The van der Waals surface area contributed by atoms with Gasteiger partial charge in [-0.1, -0.05) is 90.2 Å². The number of ether oxygens (including phenoxy) is 2. The summed E-state index contributed by atoms with van der Waals surface area (Å²) in [5.41, 5.74) is 5.26. The second kappa shape index (κ2) is 26.9. The maximum atomic E-state index is 12.3. The van der Waals surface area contributed by atoms with E-state index in [9.17, 15) is 19.0 Å². The quantitative estimate of drug-likeness (QED) is 0.0430. The van der Waals surface area contributed by atoms with Crippen molar-refractivity contribution in [3.05, 3.63) is 12.2 Å². The van der Waals surface area contributed by atoms with Crippen LogP contribution in [0.15, 0.2) is 12.2 Å². The molecule has 2 atom stereocenters. The van der Waals surface area contributed by atoms with Crippen LogP contribution in [0.2, 0.25) is 0 Å². The van der Waals surface area contributed by atoms with Crippen molar-refractivity contribution in [1.29, 1.82) is 0 Å². The highest BCUT2D eigenvalue weighted by molar-refractivity contribution is 7.47. The highest BCUT2D eigenvalue weighted by Gasteiger charge is 2.25. The van der Waals surface area contributed by atoms with Crippen LogP contribution in [0.25, 0.3) is 0 Å². The molecule has 2 unspecified atom stereocenters. The fourth-order valence-corrected chi connectivity index (χ4v) is 4.66. The van der Waals surface area contributed by atoms with Crippen molar-refractivity contribution in [3.63, 3.8) is 0 Å². The van der Waals surface area contributed by atoms with Gasteiger partial charge in [-0.15, -0.1) is 0 Å². The van der Waals surface area contributed by atoms with E-state index < -0.39 is 32.5 Å². The standard InChI is InChI=1S/C29H56NO8P/c1-3-5-6-7-8-9-10-11-12-13-14-15-16-17-18-19-20-22-29(32)38-27(25-35-28(31)21-4-2)26-37-39(33,34)36-24-23-30/h11-12,27H,3-10,13-26,30H2,1-2H3,(H,33,34)/b12-11-. The summed E-state index contributed by atoms with van der Waals surface area (Å²) in [6.07, 6.45) is 22.7. The van der Waals surface area contributed by atoms with Crippen molar-refractivity contribution in [3.8, 4) is 0 Å². The number of esters is 2. The summed E-state index contributed by atoms with van der Waals surface area (Å²) in [6.45, 7) is 3.31. The van der Waals surface area contributed by atoms with Crippen molar-refractivity contribution in [2.75, 3.05) is 26.4 Å². The Bertz CT molecular complexity index is 674. The minimum atomic E-state index is -4.34. The summed E-state index contributed by atoms with van der Waals surface area (Å²) in [4.78, 5) is 33.6. The summed E-state index contributed by atoms with van der Waals surface area (Å²) in [6, 6.07) is 0. The Morgan fingerprint density at radius 1 is 0.744 bits per heavy atom. The van der Waals surface area contributed by atoms with Gasteiger partial charge < -0.3 is 20.1 Å². The first-order chi connectivity index (χ1) is 18.8. The largest absolute Gasteiger partial charge is 0.472 e. The summed E-state index contributed by atoms with van der Waals surface area (Å²) in [5, 5.41) is 0. The molecule has 0 aliphatic rings. The fourth-order valence-electron chi connectivity index (χ4n) is 3.90. The van der Waals surface area contributed by atoms with E-state index in [1.54, 1.807) is 0 Å². The van der Waals surface area contributed by atoms with E-state index in [0.717, 1.165) is 25.7 Å². The van der Waals surface area contributed by atoms with E-state index in [2.05, 4.69) is 23.6 Å². The van der Waals surface area contributed by atoms with E-state index in [0.29, 0.717) is 12.8 Å². The second-order valence-electron chi connectivity index (χ2n) is 9.97. The molecule has 0 aliphatic heterocycles. The van der Waals surface area contributed by atoms with Crippen molar-refractivity contribution in [2.45, 2.75) is 136 Å². The third kappa shape index (κ3) is 26.7. The smallest absolute Gasteiger partial charge is 0.462 e. The number of unbranched alkanes of at least 4 members (excludes halogenated alkanes) is 13. The fraction of sp³-hybridized carbons (Fsp3) is 0.862. The maximum Gasteiger partial charge on any atom is 0.472 e. The summed E-state index contributed by atoms with van der Waals surface area (Å²) in [5.74, 6) is -0.896. The van der Waals surface area contributed by atoms with Gasteiger partial charge in [0.05, 0.1) is 13.2 Å². The third-order valence-corrected chi connectivity index (χ3v) is 7.11. The molecule has 0 aromatic carbocycles. The molecule has 0 saturated heterocycles. The molecule has 0 amide bonds. The maximum absolute atomic E-state index is 12.3. The zero-order valence-corrected chi connectivity index (χ0v) is 25.5. The number of phosphoric acid groups is 1. The molecule has 9 nitrogen and oxygen atoms in total. The number of nitrogens with two attached hydrogens (primary N) is 1. The number of allylic oxidation sites excluding steroid dienone is 2. The van der Waals surface area contributed by atoms with Crippen LogP contribution in [-0.4, -0.2) is 49.3 Å². The molecule has 0 heterocycles. The molecule has 0 aliphatic carbocycles. The normalized spacial score (nSPS) is 13.8. The Morgan fingerprint density at radius 3 is 1.87 bits per heavy atom. The lowest BCUT2D eigenvalue weighted by atomic mass is 10.1. The lowest BCUT2D eigenvalue weighted by Gasteiger charge is -2.19. The third-order valence-electron chi connectivity index (χ3n) is 6.12. The van der Waals surface area contributed by atoms with Crippen molar-refractivity contribution in [1.82, 2.24) is 0 Å². The Labute approximate surface area is 237 Å². The second-order valence-corrected chi connectivity index (χ2v) is 11.4. The van der Waals surface area contributed by atoms with Gasteiger partial charge in [0, 0.05) is 19.4 Å². The van der Waals surface area contributed by atoms with Crippen LogP contribution in [0.3, 0.4) is 0 Å². The first kappa shape index (κ1) is 37.8. The Kier molecular flexibility index (Phi) is 26.1. The van der Waals surface area contributed by atoms with Crippen LogP contribution in [0, 0.1) is 0 Å². The molecule has 0 saturated carbocycles. The van der Waals surface area contributed by atoms with Gasteiger partial charge in [0.25, 0.3) is 0 Å². The van der Waals surface area contributed by atoms with Crippen LogP contribution in [0.1, 0.15) is 129 Å². The molecule has 3 N–H and O–H groups in total. The van der Waals surface area contributed by atoms with Gasteiger partial charge in [-0.2, -0.15) is 0 Å². The predicted octanol–water partition coefficient (Wildman–Crippen LogP) is 7.15. The molecule has 0 radical (unpaired) electrons. The zero-order chi connectivity index (χ0) is 29.0. The van der Waals surface area contributed by atoms with E-state index in [1.165, 1.54) is 64.2 Å². The van der Waals surface area contributed by atoms with Crippen molar-refractivity contribution < 1.29 is 37.6 Å². The number of phosphoric ester groups is 1. The Hall–Kier alpha value is -1.25. The molecule has 10 heteroatoms. The number of hydrogen-bond donors (Lipinski definition) is 2. The van der Waals surface area contributed by atoms with Crippen molar-refractivity contribution >= 4 is 19.8 Å². The SMILES string of the molecule is CCCCCCCC/C=C\CCCCCCCCCC(=O)OC(COC(=O)CCC)COP(=O)(O)OCCN. The number of hydrogen-bond acceptors (Lipinski definition) is 8. The van der Waals surface area contributed by atoms with E-state index in [-0.39, 0.29) is 32.6 Å². The zero-order valence-electron chi connectivity index (χ0n) is 24.6. The van der Waals surface area contributed by atoms with Gasteiger partial charge in [0.15, 0.2) is 6.10 Å². The Balaban J connectivity index is 3.98. The van der Waals surface area contributed by atoms with Crippen LogP contribution in [0.4, 0.5) is 0 Å². The van der Waals surface area contributed by atoms with Crippen LogP contribution in [0.5, 0.6) is 0 Å². The minimum absolute atomic E-state index is 0.0532. The molecular weight excluding hydrogens is 521 g/mol. The first-order valence-corrected chi connectivity index (χ1v) is 16.7. The van der Waals surface area contributed by atoms with Crippen molar-refractivity contribution in [2.24, 2.45) is 5.73 Å². The van der Waals surface area contributed by atoms with E-state index in [1.807, 2.05) is 6.92 Å². The van der Waals surface area contributed by atoms with Gasteiger partial charge in [-0.25, -0.2) is 4.57 Å². The lowest BCUT2D eigenvalue weighted by molar-refractivity contribution is -0.161. The van der Waals surface area contributed by atoms with Crippen LogP contribution >= 0.6 is 7.82 Å². The highest BCUT2D eigenvalue weighted by atomic mass is 31.2. The Morgan fingerprint density at radius 2 is 1.31 bits per heavy atom. The van der Waals surface area contributed by atoms with E-state index >= 15 is 0 Å². The lowest BCUT2D eigenvalue weighted by Crippen LogP contribution is -2.29. The number of carbonyl (C=O) groups excluding carboxylic acids is 2. The minimum Gasteiger partial charge on any atom is -0.462 e. The number of rotatable bonds is 28.